The molecule has 0 saturated heterocycles. The molecule has 2 aromatic rings. The average Bonchev–Trinajstić information content (AvgIpc) is 2.88. The van der Waals surface area contributed by atoms with Crippen molar-refractivity contribution in [2.75, 3.05) is 4.72 Å². The summed E-state index contributed by atoms with van der Waals surface area (Å²) < 4.78 is 31.1. The Morgan fingerprint density at radius 3 is 2.87 bits per heavy atom. The molecule has 0 unspecified atom stereocenters. The van der Waals surface area contributed by atoms with Gasteiger partial charge in [-0.25, -0.2) is 13.4 Å². The standard InChI is InChI=1S/C13H14ClN3O4S2/c1-8-9(14)4-2-5-10(8)23(20,21)17-13-15-11(16-22-13)6-3-7-12(18)19/h2,4-5H,3,6-7H2,1H3,(H,18,19)(H,15,16,17). The molecule has 2 N–H and O–H groups in total. The number of benzene rings is 1. The molecule has 0 spiro atoms. The average molecular weight is 376 g/mol. The summed E-state index contributed by atoms with van der Waals surface area (Å²) in [5.74, 6) is -0.477. The minimum absolute atomic E-state index is 0.0158. The van der Waals surface area contributed by atoms with E-state index in [1.165, 1.54) is 6.07 Å². The van der Waals surface area contributed by atoms with Crippen molar-refractivity contribution >= 4 is 44.3 Å². The summed E-state index contributed by atoms with van der Waals surface area (Å²) in [7, 11) is -3.81. The SMILES string of the molecule is Cc1c(Cl)cccc1S(=O)(=O)Nc1nc(CCCC(=O)O)ns1. The van der Waals surface area contributed by atoms with Crippen molar-refractivity contribution in [1.29, 1.82) is 0 Å². The van der Waals surface area contributed by atoms with Gasteiger partial charge in [0.05, 0.1) is 4.90 Å². The van der Waals surface area contributed by atoms with Crippen LogP contribution >= 0.6 is 23.1 Å². The first kappa shape index (κ1) is 17.6. The van der Waals surface area contributed by atoms with Gasteiger partial charge in [0.15, 0.2) is 0 Å². The maximum atomic E-state index is 12.4. The van der Waals surface area contributed by atoms with Crippen LogP contribution in [0.15, 0.2) is 23.1 Å². The van der Waals surface area contributed by atoms with E-state index in [9.17, 15) is 13.2 Å². The Balaban J connectivity index is 2.11. The summed E-state index contributed by atoms with van der Waals surface area (Å²) in [6.45, 7) is 1.62. The van der Waals surface area contributed by atoms with Crippen molar-refractivity contribution in [3.05, 3.63) is 34.6 Å². The summed E-state index contributed by atoms with van der Waals surface area (Å²) in [5, 5.41) is 9.08. The molecule has 7 nitrogen and oxygen atoms in total. The first-order chi connectivity index (χ1) is 10.8. The minimum Gasteiger partial charge on any atom is -0.481 e. The van der Waals surface area contributed by atoms with Crippen LogP contribution in [0.4, 0.5) is 5.13 Å². The fourth-order valence-corrected chi connectivity index (χ4v) is 4.18. The maximum Gasteiger partial charge on any atom is 0.303 e. The fourth-order valence-electron chi connectivity index (χ4n) is 1.84. The number of carboxylic acid groups (broad SMARTS) is 1. The molecule has 124 valence electrons. The molecule has 2 rings (SSSR count). The van der Waals surface area contributed by atoms with E-state index < -0.39 is 16.0 Å². The van der Waals surface area contributed by atoms with Crippen molar-refractivity contribution in [2.45, 2.75) is 31.1 Å². The Hall–Kier alpha value is -1.71. The second kappa shape index (κ2) is 7.24. The molecule has 0 saturated carbocycles. The lowest BCUT2D eigenvalue weighted by Crippen LogP contribution is -2.14. The van der Waals surface area contributed by atoms with Crippen molar-refractivity contribution in [2.24, 2.45) is 0 Å². The quantitative estimate of drug-likeness (QED) is 0.770. The Morgan fingerprint density at radius 2 is 2.17 bits per heavy atom. The Labute approximate surface area is 142 Å². The summed E-state index contributed by atoms with van der Waals surface area (Å²) in [6, 6.07) is 4.63. The van der Waals surface area contributed by atoms with E-state index >= 15 is 0 Å². The lowest BCUT2D eigenvalue weighted by Gasteiger charge is -2.08. The minimum atomic E-state index is -3.81. The molecule has 1 aromatic heterocycles. The van der Waals surface area contributed by atoms with Gasteiger partial charge in [0.2, 0.25) is 5.13 Å². The van der Waals surface area contributed by atoms with Gasteiger partial charge in [-0.1, -0.05) is 17.7 Å². The van der Waals surface area contributed by atoms with E-state index in [0.717, 1.165) is 11.5 Å². The van der Waals surface area contributed by atoms with Gasteiger partial charge in [-0.15, -0.1) is 0 Å². The van der Waals surface area contributed by atoms with Crippen LogP contribution in [-0.4, -0.2) is 28.9 Å². The summed E-state index contributed by atoms with van der Waals surface area (Å²) >= 11 is 6.85. The molecular weight excluding hydrogens is 362 g/mol. The highest BCUT2D eigenvalue weighted by Crippen LogP contribution is 2.25. The molecule has 0 fully saturated rings. The second-order valence-corrected chi connectivity index (χ2v) is 7.54. The number of nitrogens with zero attached hydrogens (tertiary/aromatic N) is 2. The molecule has 0 aliphatic rings. The monoisotopic (exact) mass is 375 g/mol. The zero-order chi connectivity index (χ0) is 17.0. The zero-order valence-electron chi connectivity index (χ0n) is 12.1. The van der Waals surface area contributed by atoms with E-state index in [-0.39, 0.29) is 16.4 Å². The first-order valence-electron chi connectivity index (χ1n) is 6.62. The third-order valence-electron chi connectivity index (χ3n) is 2.99. The molecule has 0 atom stereocenters. The van der Waals surface area contributed by atoms with Crippen molar-refractivity contribution < 1.29 is 18.3 Å². The third kappa shape index (κ3) is 4.63. The smallest absolute Gasteiger partial charge is 0.303 e. The number of halogens is 1. The fraction of sp³-hybridized carbons (Fsp3) is 0.308. The van der Waals surface area contributed by atoms with E-state index in [2.05, 4.69) is 14.1 Å². The molecule has 1 aromatic carbocycles. The van der Waals surface area contributed by atoms with Gasteiger partial charge < -0.3 is 5.11 Å². The number of carbonyl (C=O) groups is 1. The molecule has 10 heteroatoms. The van der Waals surface area contributed by atoms with Crippen LogP contribution in [0.25, 0.3) is 0 Å². The predicted octanol–water partition coefficient (Wildman–Crippen LogP) is 2.71. The summed E-state index contributed by atoms with van der Waals surface area (Å²) in [4.78, 5) is 14.6. The summed E-state index contributed by atoms with van der Waals surface area (Å²) in [6.07, 6.45) is 0.786. The van der Waals surface area contributed by atoms with Crippen LogP contribution < -0.4 is 4.72 Å². The lowest BCUT2D eigenvalue weighted by molar-refractivity contribution is -0.137. The molecule has 0 amide bonds. The zero-order valence-corrected chi connectivity index (χ0v) is 14.5. The number of sulfonamides is 1. The number of aryl methyl sites for hydroxylation is 1. The molecule has 0 aliphatic carbocycles. The van der Waals surface area contributed by atoms with Gasteiger partial charge in [0, 0.05) is 29.4 Å². The Kier molecular flexibility index (Phi) is 5.55. The highest BCUT2D eigenvalue weighted by molar-refractivity contribution is 7.93. The number of carboxylic acids is 1. The maximum absolute atomic E-state index is 12.4. The normalized spacial score (nSPS) is 11.4. The number of anilines is 1. The van der Waals surface area contributed by atoms with Gasteiger partial charge in [-0.3, -0.25) is 9.52 Å². The van der Waals surface area contributed by atoms with Gasteiger partial charge in [0.1, 0.15) is 5.82 Å². The van der Waals surface area contributed by atoms with Crippen molar-refractivity contribution in [3.8, 4) is 0 Å². The number of hydrogen-bond acceptors (Lipinski definition) is 6. The number of nitrogens with one attached hydrogen (secondary N) is 1. The van der Waals surface area contributed by atoms with E-state index in [1.54, 1.807) is 19.1 Å². The molecule has 0 radical (unpaired) electrons. The molecule has 0 bridgehead atoms. The van der Waals surface area contributed by atoms with Crippen molar-refractivity contribution in [3.63, 3.8) is 0 Å². The van der Waals surface area contributed by atoms with Gasteiger partial charge in [-0.2, -0.15) is 4.37 Å². The van der Waals surface area contributed by atoms with Crippen LogP contribution in [0.3, 0.4) is 0 Å². The first-order valence-corrected chi connectivity index (χ1v) is 9.25. The molecular formula is C13H14ClN3O4S2. The topological polar surface area (TPSA) is 109 Å². The number of hydrogen-bond donors (Lipinski definition) is 2. The van der Waals surface area contributed by atoms with E-state index in [4.69, 9.17) is 16.7 Å². The van der Waals surface area contributed by atoms with Gasteiger partial charge >= 0.3 is 5.97 Å². The molecule has 0 aliphatic heterocycles. The van der Waals surface area contributed by atoms with Gasteiger partial charge in [-0.05, 0) is 31.0 Å². The number of rotatable bonds is 7. The van der Waals surface area contributed by atoms with E-state index in [1.807, 2.05) is 0 Å². The van der Waals surface area contributed by atoms with Crippen molar-refractivity contribution in [1.82, 2.24) is 9.36 Å². The number of aromatic nitrogens is 2. The largest absolute Gasteiger partial charge is 0.481 e. The Bertz CT molecular complexity index is 820. The highest BCUT2D eigenvalue weighted by atomic mass is 35.5. The number of aliphatic carboxylic acids is 1. The van der Waals surface area contributed by atoms with Crippen LogP contribution in [0.1, 0.15) is 24.2 Å². The van der Waals surface area contributed by atoms with Gasteiger partial charge in [0.25, 0.3) is 10.0 Å². The predicted molar refractivity (Wildman–Crippen MR) is 87.5 cm³/mol. The van der Waals surface area contributed by atoms with E-state index in [0.29, 0.717) is 29.3 Å². The van der Waals surface area contributed by atoms with Crippen LogP contribution in [-0.2, 0) is 21.2 Å². The summed E-state index contributed by atoms with van der Waals surface area (Å²) in [5.41, 5.74) is 0.452. The Morgan fingerprint density at radius 1 is 1.43 bits per heavy atom. The molecule has 1 heterocycles. The highest BCUT2D eigenvalue weighted by Gasteiger charge is 2.20. The van der Waals surface area contributed by atoms with Crippen LogP contribution in [0.5, 0.6) is 0 Å². The lowest BCUT2D eigenvalue weighted by atomic mass is 10.2. The second-order valence-electron chi connectivity index (χ2n) is 4.73. The molecule has 23 heavy (non-hydrogen) atoms. The van der Waals surface area contributed by atoms with Crippen LogP contribution in [0, 0.1) is 6.92 Å². The van der Waals surface area contributed by atoms with Crippen LogP contribution in [0.2, 0.25) is 5.02 Å². The third-order valence-corrected chi connectivity index (χ3v) is 5.68.